The number of aryl methyl sites for hydroxylation is 1. The van der Waals surface area contributed by atoms with Gasteiger partial charge in [-0.05, 0) is 71.9 Å². The molecular weight excluding hydrogens is 368 g/mol. The fourth-order valence-corrected chi connectivity index (χ4v) is 3.48. The highest BCUT2D eigenvalue weighted by Crippen LogP contribution is 2.25. The Kier molecular flexibility index (Phi) is 7.57. The molecule has 5 heteroatoms. The Morgan fingerprint density at radius 1 is 0.931 bits per heavy atom. The summed E-state index contributed by atoms with van der Waals surface area (Å²) in [7, 11) is 0. The third-order valence-electron chi connectivity index (χ3n) is 4.95. The molecule has 2 aromatic carbocycles. The van der Waals surface area contributed by atoms with Gasteiger partial charge in [0.2, 0.25) is 0 Å². The fourth-order valence-electron chi connectivity index (χ4n) is 3.48. The van der Waals surface area contributed by atoms with E-state index in [2.05, 4.69) is 20.8 Å². The van der Waals surface area contributed by atoms with E-state index in [1.54, 1.807) is 30.3 Å². The van der Waals surface area contributed by atoms with E-state index in [0.717, 1.165) is 29.5 Å². The number of aromatic carboxylic acids is 2. The van der Waals surface area contributed by atoms with Crippen LogP contribution in [0, 0.1) is 11.3 Å². The molecule has 0 aromatic heterocycles. The second-order valence-electron chi connectivity index (χ2n) is 8.83. The normalized spacial score (nSPS) is 12.6. The second kappa shape index (κ2) is 9.70. The molecule has 2 rings (SSSR count). The molecule has 0 aliphatic rings. The lowest BCUT2D eigenvalue weighted by molar-refractivity contribution is 0.0685. The number of aliphatic hydroxyl groups is 1. The Morgan fingerprint density at radius 3 is 2.07 bits per heavy atom. The van der Waals surface area contributed by atoms with E-state index in [9.17, 15) is 19.8 Å². The summed E-state index contributed by atoms with van der Waals surface area (Å²) in [6.07, 6.45) is 2.84. The Labute approximate surface area is 172 Å². The maximum Gasteiger partial charge on any atom is 0.335 e. The average Bonchev–Trinajstić information content (AvgIpc) is 2.64. The summed E-state index contributed by atoms with van der Waals surface area (Å²) in [6, 6.07) is 12.3. The van der Waals surface area contributed by atoms with Gasteiger partial charge in [0.15, 0.2) is 0 Å². The maximum atomic E-state index is 11.5. The molecule has 5 nitrogen and oxygen atoms in total. The van der Waals surface area contributed by atoms with E-state index < -0.39 is 11.9 Å². The number of carbonyl (C=O) groups is 2. The molecule has 0 radical (unpaired) electrons. The minimum Gasteiger partial charge on any atom is -0.478 e. The molecule has 0 bridgehead atoms. The van der Waals surface area contributed by atoms with Crippen molar-refractivity contribution in [3.05, 3.63) is 70.3 Å². The van der Waals surface area contributed by atoms with Crippen LogP contribution in [0.3, 0.4) is 0 Å². The Hall–Kier alpha value is -2.66. The standard InChI is InChI=1S/C24H30O5/c1-24(2,3)14-20-13-17(8-11-21(20)23(28)29)12-18(15-25)5-4-16-6-9-19(10-7-16)22(26)27/h6-11,13,18,25H,4-5,12,14-15H2,1-3H3,(H,26,27)(H,28,29). The van der Waals surface area contributed by atoms with Gasteiger partial charge in [0.1, 0.15) is 0 Å². The molecule has 0 aliphatic carbocycles. The molecule has 1 atom stereocenters. The Morgan fingerprint density at radius 2 is 1.55 bits per heavy atom. The van der Waals surface area contributed by atoms with Gasteiger partial charge < -0.3 is 15.3 Å². The smallest absolute Gasteiger partial charge is 0.335 e. The van der Waals surface area contributed by atoms with Gasteiger partial charge in [0, 0.05) is 6.61 Å². The zero-order valence-corrected chi connectivity index (χ0v) is 17.3. The number of carboxylic acid groups (broad SMARTS) is 2. The van der Waals surface area contributed by atoms with Crippen LogP contribution in [0.5, 0.6) is 0 Å². The van der Waals surface area contributed by atoms with E-state index in [1.807, 2.05) is 12.1 Å². The third kappa shape index (κ3) is 7.02. The number of hydrogen-bond donors (Lipinski definition) is 3. The maximum absolute atomic E-state index is 11.5. The lowest BCUT2D eigenvalue weighted by atomic mass is 9.84. The minimum atomic E-state index is -0.944. The monoisotopic (exact) mass is 398 g/mol. The van der Waals surface area contributed by atoms with Crippen LogP contribution in [0.15, 0.2) is 42.5 Å². The van der Waals surface area contributed by atoms with Crippen LogP contribution in [0.25, 0.3) is 0 Å². The van der Waals surface area contributed by atoms with Crippen molar-refractivity contribution in [3.8, 4) is 0 Å². The lowest BCUT2D eigenvalue weighted by Gasteiger charge is -2.21. The lowest BCUT2D eigenvalue weighted by Crippen LogP contribution is -2.15. The molecule has 0 fully saturated rings. The highest BCUT2D eigenvalue weighted by molar-refractivity contribution is 5.89. The molecule has 0 saturated carbocycles. The van der Waals surface area contributed by atoms with Crippen LogP contribution >= 0.6 is 0 Å². The van der Waals surface area contributed by atoms with Crippen molar-refractivity contribution in [1.82, 2.24) is 0 Å². The third-order valence-corrected chi connectivity index (χ3v) is 4.95. The van der Waals surface area contributed by atoms with Crippen molar-refractivity contribution in [1.29, 1.82) is 0 Å². The van der Waals surface area contributed by atoms with Crippen LogP contribution < -0.4 is 0 Å². The summed E-state index contributed by atoms with van der Waals surface area (Å²) >= 11 is 0. The first-order chi connectivity index (χ1) is 13.6. The molecule has 1 unspecified atom stereocenters. The summed E-state index contributed by atoms with van der Waals surface area (Å²) in [5, 5.41) is 28.3. The van der Waals surface area contributed by atoms with Crippen LogP contribution in [-0.4, -0.2) is 33.9 Å². The van der Waals surface area contributed by atoms with Gasteiger partial charge in [-0.3, -0.25) is 0 Å². The van der Waals surface area contributed by atoms with Crippen molar-refractivity contribution in [3.63, 3.8) is 0 Å². The largest absolute Gasteiger partial charge is 0.478 e. The first-order valence-electron chi connectivity index (χ1n) is 9.87. The van der Waals surface area contributed by atoms with Gasteiger partial charge in [-0.15, -0.1) is 0 Å². The van der Waals surface area contributed by atoms with E-state index in [-0.39, 0.29) is 23.5 Å². The van der Waals surface area contributed by atoms with Crippen LogP contribution in [0.2, 0.25) is 0 Å². The van der Waals surface area contributed by atoms with E-state index in [0.29, 0.717) is 18.4 Å². The van der Waals surface area contributed by atoms with Crippen molar-refractivity contribution in [2.75, 3.05) is 6.61 Å². The van der Waals surface area contributed by atoms with Gasteiger partial charge in [-0.2, -0.15) is 0 Å². The topological polar surface area (TPSA) is 94.8 Å². The number of hydrogen-bond acceptors (Lipinski definition) is 3. The van der Waals surface area contributed by atoms with Crippen LogP contribution in [0.4, 0.5) is 0 Å². The molecule has 0 heterocycles. The molecule has 156 valence electrons. The van der Waals surface area contributed by atoms with Gasteiger partial charge in [-0.25, -0.2) is 9.59 Å². The summed E-state index contributed by atoms with van der Waals surface area (Å²) in [6.45, 7) is 6.29. The molecule has 3 N–H and O–H groups in total. The van der Waals surface area contributed by atoms with Gasteiger partial charge in [0.25, 0.3) is 0 Å². The van der Waals surface area contributed by atoms with Crippen molar-refractivity contribution in [2.45, 2.75) is 46.5 Å². The Balaban J connectivity index is 2.08. The molecule has 0 saturated heterocycles. The highest BCUT2D eigenvalue weighted by Gasteiger charge is 2.19. The van der Waals surface area contributed by atoms with Crippen molar-refractivity contribution >= 4 is 11.9 Å². The fraction of sp³-hybridized carbons (Fsp3) is 0.417. The minimum absolute atomic E-state index is 0.0265. The summed E-state index contributed by atoms with van der Waals surface area (Å²) in [4.78, 5) is 22.5. The van der Waals surface area contributed by atoms with E-state index in [4.69, 9.17) is 5.11 Å². The zero-order chi connectivity index (χ0) is 21.6. The average molecular weight is 398 g/mol. The quantitative estimate of drug-likeness (QED) is 0.580. The molecule has 29 heavy (non-hydrogen) atoms. The predicted octanol–water partition coefficient (Wildman–Crippen LogP) is 4.46. The van der Waals surface area contributed by atoms with E-state index in [1.165, 1.54) is 0 Å². The van der Waals surface area contributed by atoms with Crippen molar-refractivity contribution in [2.24, 2.45) is 11.3 Å². The number of aliphatic hydroxyl groups excluding tert-OH is 1. The van der Waals surface area contributed by atoms with Gasteiger partial charge in [0.05, 0.1) is 11.1 Å². The SMILES string of the molecule is CC(C)(C)Cc1cc(CC(CO)CCc2ccc(C(=O)O)cc2)ccc1C(=O)O. The summed E-state index contributed by atoms with van der Waals surface area (Å²) in [5.74, 6) is -1.81. The van der Waals surface area contributed by atoms with E-state index >= 15 is 0 Å². The molecule has 0 amide bonds. The molecule has 2 aromatic rings. The summed E-state index contributed by atoms with van der Waals surface area (Å²) in [5.41, 5.74) is 3.45. The van der Waals surface area contributed by atoms with Crippen molar-refractivity contribution < 1.29 is 24.9 Å². The number of rotatable bonds is 9. The summed E-state index contributed by atoms with van der Waals surface area (Å²) < 4.78 is 0. The predicted molar refractivity (Wildman–Crippen MR) is 113 cm³/mol. The molecule has 0 spiro atoms. The molecular formula is C24H30O5. The van der Waals surface area contributed by atoms with Gasteiger partial charge in [-0.1, -0.05) is 45.0 Å². The van der Waals surface area contributed by atoms with Gasteiger partial charge >= 0.3 is 11.9 Å². The van der Waals surface area contributed by atoms with Crippen LogP contribution in [0.1, 0.15) is 64.6 Å². The first-order valence-corrected chi connectivity index (χ1v) is 9.87. The zero-order valence-electron chi connectivity index (χ0n) is 17.3. The molecule has 0 aliphatic heterocycles. The first kappa shape index (κ1) is 22.6. The second-order valence-corrected chi connectivity index (χ2v) is 8.83. The number of carboxylic acids is 2. The van der Waals surface area contributed by atoms with Crippen LogP contribution in [-0.2, 0) is 19.3 Å². The highest BCUT2D eigenvalue weighted by atomic mass is 16.4. The number of benzene rings is 2. The Bertz CT molecular complexity index is 847.